The van der Waals surface area contributed by atoms with Crippen LogP contribution >= 0.6 is 23.1 Å². The van der Waals surface area contributed by atoms with Crippen LogP contribution in [0.3, 0.4) is 0 Å². The number of benzene rings is 2. The maximum absolute atomic E-state index is 13.0. The molecule has 0 atom stereocenters. The molecule has 0 aliphatic rings. The fourth-order valence-electron chi connectivity index (χ4n) is 2.55. The quantitative estimate of drug-likeness (QED) is 0.308. The highest BCUT2D eigenvalue weighted by molar-refractivity contribution is 8.01. The van der Waals surface area contributed by atoms with Crippen molar-refractivity contribution in [3.05, 3.63) is 72.3 Å². The lowest BCUT2D eigenvalue weighted by molar-refractivity contribution is 0.102. The normalized spacial score (nSPS) is 11.1. The van der Waals surface area contributed by atoms with E-state index < -0.39 is 15.9 Å². The first-order valence-electron chi connectivity index (χ1n) is 8.86. The Bertz CT molecular complexity index is 1160. The summed E-state index contributed by atoms with van der Waals surface area (Å²) in [5, 5.41) is 11.0. The first kappa shape index (κ1) is 22.0. The van der Waals surface area contributed by atoms with Crippen molar-refractivity contribution >= 4 is 49.8 Å². The van der Waals surface area contributed by atoms with Crippen LogP contribution < -0.4 is 9.62 Å². The molecule has 0 spiro atoms. The van der Waals surface area contributed by atoms with Crippen LogP contribution in [0.5, 0.6) is 0 Å². The van der Waals surface area contributed by atoms with Gasteiger partial charge in [0, 0.05) is 12.8 Å². The summed E-state index contributed by atoms with van der Waals surface area (Å²) in [6, 6.07) is 13.1. The number of para-hydroxylation sites is 1. The van der Waals surface area contributed by atoms with Gasteiger partial charge in [0.2, 0.25) is 5.13 Å². The van der Waals surface area contributed by atoms with Gasteiger partial charge in [0.15, 0.2) is 4.34 Å². The van der Waals surface area contributed by atoms with Gasteiger partial charge in [0.05, 0.1) is 16.1 Å². The number of carbonyl (C=O) groups is 1. The molecule has 7 nitrogen and oxygen atoms in total. The van der Waals surface area contributed by atoms with Crippen LogP contribution in [-0.2, 0) is 10.0 Å². The lowest BCUT2D eigenvalue weighted by Crippen LogP contribution is -2.29. The number of carbonyl (C=O) groups excluding carboxylic acids is 1. The topological polar surface area (TPSA) is 92.3 Å². The molecular weight excluding hydrogens is 440 g/mol. The van der Waals surface area contributed by atoms with E-state index in [1.165, 1.54) is 30.1 Å². The molecule has 1 heterocycles. The Morgan fingerprint density at radius 1 is 1.20 bits per heavy atom. The Morgan fingerprint density at radius 2 is 1.90 bits per heavy atom. The van der Waals surface area contributed by atoms with Crippen LogP contribution in [0.4, 0.5) is 10.8 Å². The van der Waals surface area contributed by atoms with Gasteiger partial charge < -0.3 is 0 Å². The molecule has 3 aromatic rings. The zero-order valence-corrected chi connectivity index (χ0v) is 18.9. The van der Waals surface area contributed by atoms with Crippen LogP contribution in [0.2, 0.25) is 0 Å². The van der Waals surface area contributed by atoms with Crippen LogP contribution in [0, 0.1) is 6.92 Å². The van der Waals surface area contributed by atoms with Gasteiger partial charge in [-0.25, -0.2) is 8.42 Å². The number of anilines is 2. The number of aryl methyl sites for hydroxylation is 1. The zero-order chi connectivity index (χ0) is 21.7. The number of sulfonamides is 1. The molecule has 0 radical (unpaired) electrons. The predicted molar refractivity (Wildman–Crippen MR) is 122 cm³/mol. The van der Waals surface area contributed by atoms with Crippen LogP contribution in [0.15, 0.2) is 70.4 Å². The molecule has 10 heteroatoms. The van der Waals surface area contributed by atoms with Crippen molar-refractivity contribution < 1.29 is 13.2 Å². The number of rotatable bonds is 8. The highest BCUT2D eigenvalue weighted by Crippen LogP contribution is 2.29. The standard InChI is InChI=1S/C20H20N4O3S3/c1-4-13-28-20-23-22-19(29-20)21-18(25)16-7-5-6-8-17(16)24(3)30(26,27)15-11-9-14(2)10-12-15/h4-12H,1,13H2,2-3H3,(H,21,22,25). The van der Waals surface area contributed by atoms with Gasteiger partial charge in [0.25, 0.3) is 15.9 Å². The summed E-state index contributed by atoms with van der Waals surface area (Å²) >= 11 is 2.71. The van der Waals surface area contributed by atoms with Gasteiger partial charge in [-0.05, 0) is 31.2 Å². The van der Waals surface area contributed by atoms with Crippen molar-refractivity contribution in [1.82, 2.24) is 10.2 Å². The third-order valence-electron chi connectivity index (χ3n) is 4.12. The van der Waals surface area contributed by atoms with Crippen molar-refractivity contribution in [2.24, 2.45) is 0 Å². The van der Waals surface area contributed by atoms with Crippen molar-refractivity contribution in [1.29, 1.82) is 0 Å². The van der Waals surface area contributed by atoms with E-state index in [0.717, 1.165) is 9.87 Å². The third-order valence-corrected chi connectivity index (χ3v) is 7.87. The molecule has 0 unspecified atom stereocenters. The van der Waals surface area contributed by atoms with Crippen molar-refractivity contribution in [3.8, 4) is 0 Å². The summed E-state index contributed by atoms with van der Waals surface area (Å²) in [4.78, 5) is 13.0. The molecule has 1 amide bonds. The van der Waals surface area contributed by atoms with E-state index in [9.17, 15) is 13.2 Å². The number of hydrogen-bond acceptors (Lipinski definition) is 7. The van der Waals surface area contributed by atoms with E-state index in [0.29, 0.717) is 15.2 Å². The van der Waals surface area contributed by atoms with Gasteiger partial charge >= 0.3 is 0 Å². The molecule has 1 N–H and O–H groups in total. The average molecular weight is 461 g/mol. The summed E-state index contributed by atoms with van der Waals surface area (Å²) in [5.41, 5.74) is 1.44. The van der Waals surface area contributed by atoms with E-state index in [1.807, 2.05) is 6.92 Å². The molecule has 2 aromatic carbocycles. The second-order valence-corrected chi connectivity index (χ2v) is 10.4. The monoisotopic (exact) mass is 460 g/mol. The van der Waals surface area contributed by atoms with Crippen LogP contribution in [-0.4, -0.2) is 37.3 Å². The van der Waals surface area contributed by atoms with Crippen molar-refractivity contribution in [2.75, 3.05) is 22.4 Å². The number of amides is 1. The number of nitrogens with one attached hydrogen (secondary N) is 1. The highest BCUT2D eigenvalue weighted by Gasteiger charge is 2.25. The van der Waals surface area contributed by atoms with E-state index in [2.05, 4.69) is 22.1 Å². The predicted octanol–water partition coefficient (Wildman–Crippen LogP) is 4.20. The highest BCUT2D eigenvalue weighted by atomic mass is 32.2. The summed E-state index contributed by atoms with van der Waals surface area (Å²) in [5.74, 6) is 0.223. The molecule has 1 aromatic heterocycles. The van der Waals surface area contributed by atoms with Crippen molar-refractivity contribution in [2.45, 2.75) is 16.2 Å². The molecule has 0 bridgehead atoms. The van der Waals surface area contributed by atoms with E-state index in [1.54, 1.807) is 54.6 Å². The minimum atomic E-state index is -3.83. The van der Waals surface area contributed by atoms with Gasteiger partial charge in [-0.2, -0.15) is 0 Å². The largest absolute Gasteiger partial charge is 0.296 e. The minimum absolute atomic E-state index is 0.152. The maximum atomic E-state index is 13.0. The molecule has 30 heavy (non-hydrogen) atoms. The SMILES string of the molecule is C=CCSc1nnc(NC(=O)c2ccccc2N(C)S(=O)(=O)c2ccc(C)cc2)s1. The van der Waals surface area contributed by atoms with Crippen LogP contribution in [0.1, 0.15) is 15.9 Å². The third kappa shape index (κ3) is 4.89. The maximum Gasteiger partial charge on any atom is 0.264 e. The fourth-order valence-corrected chi connectivity index (χ4v) is 5.27. The number of hydrogen-bond donors (Lipinski definition) is 1. The van der Waals surface area contributed by atoms with Gasteiger partial charge in [-0.3, -0.25) is 14.4 Å². The first-order chi connectivity index (χ1) is 14.3. The molecule has 3 rings (SSSR count). The first-order valence-corrected chi connectivity index (χ1v) is 12.1. The Kier molecular flexibility index (Phi) is 6.91. The molecule has 0 saturated heterocycles. The Balaban J connectivity index is 1.86. The Labute approximate surface area is 183 Å². The minimum Gasteiger partial charge on any atom is -0.296 e. The van der Waals surface area contributed by atoms with Gasteiger partial charge in [-0.1, -0.05) is 59.0 Å². The van der Waals surface area contributed by atoms with E-state index in [-0.39, 0.29) is 16.1 Å². The molecule has 156 valence electrons. The number of nitrogens with zero attached hydrogens (tertiary/aromatic N) is 3. The molecule has 0 fully saturated rings. The molecular formula is C20H20N4O3S3. The average Bonchev–Trinajstić information content (AvgIpc) is 3.19. The Hall–Kier alpha value is -2.69. The fraction of sp³-hybridized carbons (Fsp3) is 0.150. The van der Waals surface area contributed by atoms with Gasteiger partial charge in [-0.15, -0.1) is 16.8 Å². The second-order valence-electron chi connectivity index (χ2n) is 6.23. The molecule has 0 aliphatic carbocycles. The summed E-state index contributed by atoms with van der Waals surface area (Å²) in [6.45, 7) is 5.54. The van der Waals surface area contributed by atoms with Crippen LogP contribution in [0.25, 0.3) is 0 Å². The summed E-state index contributed by atoms with van der Waals surface area (Å²) in [7, 11) is -2.40. The van der Waals surface area contributed by atoms with Gasteiger partial charge in [0.1, 0.15) is 0 Å². The second kappa shape index (κ2) is 9.41. The lowest BCUT2D eigenvalue weighted by atomic mass is 10.1. The summed E-state index contributed by atoms with van der Waals surface area (Å²) in [6.07, 6.45) is 1.75. The van der Waals surface area contributed by atoms with E-state index >= 15 is 0 Å². The lowest BCUT2D eigenvalue weighted by Gasteiger charge is -2.22. The molecule has 0 aliphatic heterocycles. The van der Waals surface area contributed by atoms with Crippen molar-refractivity contribution in [3.63, 3.8) is 0 Å². The Morgan fingerprint density at radius 3 is 2.60 bits per heavy atom. The number of thioether (sulfide) groups is 1. The summed E-state index contributed by atoms with van der Waals surface area (Å²) < 4.78 is 27.9. The molecule has 0 saturated carbocycles. The number of aromatic nitrogens is 2. The van der Waals surface area contributed by atoms with E-state index in [4.69, 9.17) is 0 Å². The smallest absolute Gasteiger partial charge is 0.264 e. The zero-order valence-electron chi connectivity index (χ0n) is 16.4.